The number of nitrogens with zero attached hydrogens (tertiary/aromatic N) is 9. The number of halogens is 2. The van der Waals surface area contributed by atoms with Gasteiger partial charge in [-0.25, -0.2) is 38.1 Å². The fraction of sp³-hybridized carbons (Fsp3) is 0.194. The number of aryl methyl sites for hydroxylation is 1. The van der Waals surface area contributed by atoms with Gasteiger partial charge in [-0.1, -0.05) is 18.2 Å². The summed E-state index contributed by atoms with van der Waals surface area (Å²) in [6, 6.07) is 30.9. The molecule has 0 saturated heterocycles. The predicted molar refractivity (Wildman–Crippen MR) is 353 cm³/mol. The van der Waals surface area contributed by atoms with Gasteiger partial charge in [0.25, 0.3) is 0 Å². The van der Waals surface area contributed by atoms with Crippen molar-refractivity contribution in [3.8, 4) is 72.9 Å². The number of urea groups is 3. The Morgan fingerprint density at radius 2 is 0.914 bits per heavy atom. The van der Waals surface area contributed by atoms with Crippen LogP contribution in [0, 0.1) is 18.6 Å². The van der Waals surface area contributed by atoms with E-state index in [9.17, 15) is 33.4 Å². The summed E-state index contributed by atoms with van der Waals surface area (Å²) < 4.78 is 34.6. The number of carbonyl (C=O) groups is 3. The van der Waals surface area contributed by atoms with E-state index < -0.39 is 29.9 Å². The Kier molecular flexibility index (Phi) is 20.3. The second-order valence-corrected chi connectivity index (χ2v) is 21.1. The van der Waals surface area contributed by atoms with Crippen LogP contribution in [0.4, 0.5) is 41.0 Å². The molecule has 0 aliphatic carbocycles. The number of pyridine rings is 6. The zero-order valence-corrected chi connectivity index (χ0v) is 51.6. The average Bonchev–Trinajstić information content (AvgIpc) is 1.74. The molecule has 24 nitrogen and oxygen atoms in total. The third-order valence-electron chi connectivity index (χ3n) is 14.2. The summed E-state index contributed by atoms with van der Waals surface area (Å²) in [6.07, 6.45) is 9.26. The number of benzene rings is 3. The average molecular weight is 1260 g/mol. The van der Waals surface area contributed by atoms with Crippen LogP contribution < -0.4 is 36.6 Å². The Morgan fingerprint density at radius 1 is 0.505 bits per heavy atom. The Hall–Kier alpha value is -11.6. The lowest BCUT2D eigenvalue weighted by molar-refractivity contribution is 0.194. The van der Waals surface area contributed by atoms with Crippen molar-refractivity contribution in [2.75, 3.05) is 42.7 Å². The molecule has 0 saturated carbocycles. The minimum Gasteiger partial charge on any atom is -0.494 e. The van der Waals surface area contributed by atoms with Crippen LogP contribution in [0.3, 0.4) is 0 Å². The van der Waals surface area contributed by atoms with Gasteiger partial charge in [0.1, 0.15) is 51.0 Å². The molecule has 0 spiro atoms. The molecule has 11 N–H and O–H groups in total. The van der Waals surface area contributed by atoms with Crippen LogP contribution >= 0.6 is 0 Å². The summed E-state index contributed by atoms with van der Waals surface area (Å²) in [5, 5.41) is 35.3. The number of aliphatic hydroxyl groups is 2. The van der Waals surface area contributed by atoms with Gasteiger partial charge in [-0.3, -0.25) is 45.9 Å². The highest BCUT2D eigenvalue weighted by molar-refractivity contribution is 6.01. The first kappa shape index (κ1) is 64.3. The number of ether oxygens (including phenoxy) is 1. The maximum Gasteiger partial charge on any atom is 0.321 e. The fourth-order valence-corrected chi connectivity index (χ4v) is 9.91. The zero-order valence-electron chi connectivity index (χ0n) is 51.6. The van der Waals surface area contributed by atoms with Gasteiger partial charge < -0.3 is 45.9 Å². The number of anilines is 3. The standard InChI is InChI=1S/C23H23FN6O2.C23H24N6O3.C21H19FN6O/c1-3-25-23(32)30-22-28-19-11-15(14-6-7-16(27-12-14)9-13(2)31)10-17(21(19)29-22)20-18(24)5-4-8-26-20;1-4-24-23(31)29-22-27-18-11-15(14-7-8-17(13(2)30)26-12-14)10-16(20(18)28-22)21-19(32-3)6-5-9-25-21;1-3-23-21(29)28-20-26-17-10-14(13-7-6-12(2)25-11-13)9-15(19(17)27-20)18-16(22)5-4-8-24-18/h4-8,10-13,31H,3,9H2,1-2H3,(H3,25,28,29,30,32);5-13,30H,4H2,1-3H3,(H3,24,27,28,29,31);4-11H,3H2,1-2H3,(H3,23,26,27,28,29). The molecule has 0 fully saturated rings. The van der Waals surface area contributed by atoms with Crippen molar-refractivity contribution >= 4 is 69.0 Å². The third-order valence-corrected chi connectivity index (χ3v) is 14.2. The molecule has 2 unspecified atom stereocenters. The first-order valence-corrected chi connectivity index (χ1v) is 29.7. The third kappa shape index (κ3) is 15.5. The first-order valence-electron chi connectivity index (χ1n) is 29.7. The summed E-state index contributed by atoms with van der Waals surface area (Å²) in [6.45, 7) is 12.2. The molecule has 474 valence electrons. The van der Waals surface area contributed by atoms with E-state index in [1.807, 2.05) is 94.4 Å². The summed E-state index contributed by atoms with van der Waals surface area (Å²) in [4.78, 5) is 84.6. The number of amides is 6. The minimum atomic E-state index is -0.643. The van der Waals surface area contributed by atoms with Crippen molar-refractivity contribution in [1.29, 1.82) is 0 Å². The molecule has 12 rings (SSSR count). The van der Waals surface area contributed by atoms with Crippen LogP contribution in [0.25, 0.3) is 100 Å². The molecule has 0 aliphatic heterocycles. The van der Waals surface area contributed by atoms with E-state index in [4.69, 9.17) is 4.74 Å². The number of carbonyl (C=O) groups excluding carboxylic acids is 3. The number of fused-ring (bicyclic) bond motifs is 3. The topological polar surface area (TPSA) is 336 Å². The minimum absolute atomic E-state index is 0.161. The van der Waals surface area contributed by atoms with Gasteiger partial charge in [0.2, 0.25) is 17.8 Å². The summed E-state index contributed by atoms with van der Waals surface area (Å²) in [5.41, 5.74) is 13.7. The largest absolute Gasteiger partial charge is 0.494 e. The lowest BCUT2D eigenvalue weighted by Crippen LogP contribution is -2.28. The number of hydrogen-bond donors (Lipinski definition) is 11. The van der Waals surface area contributed by atoms with Crippen LogP contribution in [-0.2, 0) is 6.42 Å². The first-order chi connectivity index (χ1) is 45.0. The number of methoxy groups -OCH3 is 1. The molecule has 9 aromatic heterocycles. The molecule has 6 amide bonds. The van der Waals surface area contributed by atoms with Gasteiger partial charge in [-0.2, -0.15) is 0 Å². The maximum atomic E-state index is 14.6. The van der Waals surface area contributed by atoms with Gasteiger partial charge >= 0.3 is 18.1 Å². The normalized spacial score (nSPS) is 11.6. The quantitative estimate of drug-likeness (QED) is 0.0428. The number of nitrogens with one attached hydrogen (secondary N) is 9. The molecule has 93 heavy (non-hydrogen) atoms. The van der Waals surface area contributed by atoms with Crippen molar-refractivity contribution < 1.29 is 38.1 Å². The van der Waals surface area contributed by atoms with Gasteiger partial charge in [-0.15, -0.1) is 0 Å². The van der Waals surface area contributed by atoms with Crippen molar-refractivity contribution in [1.82, 2.24) is 75.8 Å². The molecule has 3 aromatic carbocycles. The number of rotatable bonds is 16. The summed E-state index contributed by atoms with van der Waals surface area (Å²) in [7, 11) is 1.59. The molecule has 0 aliphatic rings. The zero-order chi connectivity index (χ0) is 65.7. The van der Waals surface area contributed by atoms with Gasteiger partial charge in [0.15, 0.2) is 0 Å². The number of hydrogen-bond acceptors (Lipinski definition) is 15. The Balaban J connectivity index is 0.000000153. The molecule has 9 heterocycles. The van der Waals surface area contributed by atoms with Crippen LogP contribution in [-0.4, -0.2) is 121 Å². The Morgan fingerprint density at radius 3 is 1.28 bits per heavy atom. The molecule has 26 heteroatoms. The van der Waals surface area contributed by atoms with E-state index in [-0.39, 0.29) is 35.3 Å². The van der Waals surface area contributed by atoms with Gasteiger partial charge in [0, 0.05) is 108 Å². The molecule has 0 radical (unpaired) electrons. The highest BCUT2D eigenvalue weighted by atomic mass is 19.1. The SMILES string of the molecule is CCNC(=O)Nc1nc2c(-c3ncccc3F)cc(-c3ccc(C)nc3)cc2[nH]1.CCNC(=O)Nc1nc2c(-c3ncccc3F)cc(-c3ccc(CC(C)O)nc3)cc2[nH]1.CCNC(=O)Nc1nc2c(-c3ncccc3OC)cc(-c3ccc(C(C)O)nc3)cc2[nH]1. The van der Waals surface area contributed by atoms with Crippen molar-refractivity contribution in [3.63, 3.8) is 0 Å². The maximum absolute atomic E-state index is 14.6. The summed E-state index contributed by atoms with van der Waals surface area (Å²) >= 11 is 0. The van der Waals surface area contributed by atoms with Gasteiger partial charge in [-0.05, 0) is 149 Å². The second-order valence-electron chi connectivity index (χ2n) is 21.1. The van der Waals surface area contributed by atoms with Gasteiger partial charge in [0.05, 0.1) is 41.6 Å². The number of imidazole rings is 3. The lowest BCUT2D eigenvalue weighted by atomic mass is 10.00. The summed E-state index contributed by atoms with van der Waals surface area (Å²) in [5.74, 6) is 0.511. The molecular formula is C67H66F2N18O6. The van der Waals surface area contributed by atoms with Crippen molar-refractivity contribution in [3.05, 3.63) is 175 Å². The second kappa shape index (κ2) is 29.3. The van der Waals surface area contributed by atoms with Crippen LogP contribution in [0.5, 0.6) is 5.75 Å². The predicted octanol–water partition coefficient (Wildman–Crippen LogP) is 12.1. The lowest BCUT2D eigenvalue weighted by Gasteiger charge is -2.11. The smallest absolute Gasteiger partial charge is 0.321 e. The Labute approximate surface area is 531 Å². The fourth-order valence-electron chi connectivity index (χ4n) is 9.91. The molecule has 12 aromatic rings. The number of H-pyrrole nitrogens is 3. The van der Waals surface area contributed by atoms with E-state index >= 15 is 0 Å². The molecular weight excluding hydrogens is 1190 g/mol. The monoisotopic (exact) mass is 1260 g/mol. The van der Waals surface area contributed by atoms with E-state index in [2.05, 4.69) is 91.7 Å². The van der Waals surface area contributed by atoms with E-state index in [1.165, 1.54) is 36.7 Å². The van der Waals surface area contributed by atoms with Crippen LogP contribution in [0.1, 0.15) is 57.8 Å². The highest BCUT2D eigenvalue weighted by Gasteiger charge is 2.22. The number of aromatic amines is 3. The van der Waals surface area contributed by atoms with Crippen molar-refractivity contribution in [2.24, 2.45) is 0 Å². The molecule has 2 atom stereocenters. The van der Waals surface area contributed by atoms with Crippen LogP contribution in [0.15, 0.2) is 146 Å². The highest BCUT2D eigenvalue weighted by Crippen LogP contribution is 2.39. The van der Waals surface area contributed by atoms with Crippen molar-refractivity contribution in [2.45, 2.75) is 60.2 Å². The van der Waals surface area contributed by atoms with E-state index in [0.717, 1.165) is 55.8 Å². The number of aromatic nitrogens is 12. The number of aliphatic hydroxyl groups excluding tert-OH is 2. The molecule has 0 bridgehead atoms. The van der Waals surface area contributed by atoms with E-state index in [1.54, 1.807) is 63.9 Å². The van der Waals surface area contributed by atoms with E-state index in [0.29, 0.717) is 87.9 Å². The van der Waals surface area contributed by atoms with Crippen LogP contribution in [0.2, 0.25) is 0 Å². The Bertz CT molecular complexity index is 4620.